The van der Waals surface area contributed by atoms with E-state index >= 15 is 0 Å². The number of rotatable bonds is 6. The molecule has 2 heterocycles. The van der Waals surface area contributed by atoms with Gasteiger partial charge in [0.15, 0.2) is 0 Å². The van der Waals surface area contributed by atoms with Gasteiger partial charge in [-0.3, -0.25) is 0 Å². The lowest BCUT2D eigenvalue weighted by atomic mass is 9.83. The number of esters is 2. The van der Waals surface area contributed by atoms with Gasteiger partial charge in [-0.2, -0.15) is 0 Å². The van der Waals surface area contributed by atoms with E-state index in [1.807, 2.05) is 0 Å². The molecule has 0 radical (unpaired) electrons. The van der Waals surface area contributed by atoms with Gasteiger partial charge in [0.1, 0.15) is 11.5 Å². The number of carbonyl (C=O) groups is 2. The maximum Gasteiger partial charge on any atom is 0.336 e. The van der Waals surface area contributed by atoms with Crippen LogP contribution in [0.2, 0.25) is 10.0 Å². The molecule has 0 atom stereocenters. The molecule has 0 aliphatic carbocycles. The number of allylic oxidation sites excluding steroid dienone is 2. The molecule has 164 valence electrons. The van der Waals surface area contributed by atoms with Crippen molar-refractivity contribution in [3.05, 3.63) is 68.7 Å². The largest absolute Gasteiger partial charge is 0.463 e. The lowest BCUT2D eigenvalue weighted by molar-refractivity contribution is -0.139. The van der Waals surface area contributed by atoms with E-state index in [1.165, 1.54) is 0 Å². The fourth-order valence-electron chi connectivity index (χ4n) is 3.58. The Bertz CT molecular complexity index is 1040. The van der Waals surface area contributed by atoms with Crippen LogP contribution >= 0.6 is 23.2 Å². The summed E-state index contributed by atoms with van der Waals surface area (Å²) in [7, 11) is 0. The second kappa shape index (κ2) is 9.62. The molecule has 0 amide bonds. The molecule has 1 aliphatic rings. The lowest BCUT2D eigenvalue weighted by Crippen LogP contribution is -2.32. The summed E-state index contributed by atoms with van der Waals surface area (Å²) in [6.07, 6.45) is 0. The van der Waals surface area contributed by atoms with Crippen LogP contribution in [0.5, 0.6) is 0 Å². The highest BCUT2D eigenvalue weighted by Gasteiger charge is 2.39. The van der Waals surface area contributed by atoms with Crippen molar-refractivity contribution in [3.63, 3.8) is 0 Å². The summed E-state index contributed by atoms with van der Waals surface area (Å²) in [5.74, 6) is -0.980. The van der Waals surface area contributed by atoms with Crippen molar-refractivity contribution in [3.8, 4) is 11.3 Å². The van der Waals surface area contributed by atoms with E-state index in [2.05, 4.69) is 5.32 Å². The van der Waals surface area contributed by atoms with Gasteiger partial charge in [-0.25, -0.2) is 9.59 Å². The highest BCUT2D eigenvalue weighted by atomic mass is 35.5. The minimum atomic E-state index is -0.792. The van der Waals surface area contributed by atoms with Crippen LogP contribution in [0.15, 0.2) is 57.3 Å². The topological polar surface area (TPSA) is 77.8 Å². The van der Waals surface area contributed by atoms with Crippen LogP contribution in [0.3, 0.4) is 0 Å². The number of carbonyl (C=O) groups excluding carboxylic acids is 2. The SMILES string of the molecule is CCOC(=O)C1=C(C)NC(C)=C(C(=O)OCC)C1c1ccc(-c2ccc(Cl)cc2Cl)o1. The standard InChI is InChI=1S/C23H23Cl2NO5/c1-5-29-22(27)19-12(3)26-13(4)20(23(28)30-6-2)21(19)18-10-9-17(31-18)15-8-7-14(24)11-16(15)25/h7-11,21,26H,5-6H2,1-4H3. The number of nitrogens with one attached hydrogen (secondary N) is 1. The van der Waals surface area contributed by atoms with Crippen LogP contribution in [0.25, 0.3) is 11.3 Å². The quantitative estimate of drug-likeness (QED) is 0.560. The molecular weight excluding hydrogens is 441 g/mol. The Morgan fingerprint density at radius 2 is 1.55 bits per heavy atom. The van der Waals surface area contributed by atoms with Gasteiger partial charge in [-0.15, -0.1) is 0 Å². The van der Waals surface area contributed by atoms with E-state index in [-0.39, 0.29) is 13.2 Å². The summed E-state index contributed by atoms with van der Waals surface area (Å²) >= 11 is 12.3. The van der Waals surface area contributed by atoms with Crippen LogP contribution in [-0.2, 0) is 19.1 Å². The second-order valence-electron chi connectivity index (χ2n) is 6.90. The molecule has 0 fully saturated rings. The molecule has 6 nitrogen and oxygen atoms in total. The zero-order valence-corrected chi connectivity index (χ0v) is 19.2. The van der Waals surface area contributed by atoms with Crippen LogP contribution in [0.4, 0.5) is 0 Å². The van der Waals surface area contributed by atoms with Crippen molar-refractivity contribution >= 4 is 35.1 Å². The van der Waals surface area contributed by atoms with Gasteiger partial charge in [0.2, 0.25) is 0 Å². The Morgan fingerprint density at radius 1 is 0.968 bits per heavy atom. The van der Waals surface area contributed by atoms with Crippen LogP contribution < -0.4 is 5.32 Å². The van der Waals surface area contributed by atoms with Crippen LogP contribution in [0, 0.1) is 0 Å². The molecule has 1 aromatic carbocycles. The molecule has 1 N–H and O–H groups in total. The number of furan rings is 1. The highest BCUT2D eigenvalue weighted by molar-refractivity contribution is 6.36. The summed E-state index contributed by atoms with van der Waals surface area (Å²) in [6.45, 7) is 7.35. The van der Waals surface area contributed by atoms with Gasteiger partial charge in [-0.1, -0.05) is 23.2 Å². The third kappa shape index (κ3) is 4.65. The van der Waals surface area contributed by atoms with Gasteiger partial charge in [-0.05, 0) is 58.0 Å². The highest BCUT2D eigenvalue weighted by Crippen LogP contribution is 2.42. The Kier molecular flexibility index (Phi) is 7.13. The average Bonchev–Trinajstić information content (AvgIpc) is 3.17. The number of benzene rings is 1. The first-order valence-corrected chi connectivity index (χ1v) is 10.6. The van der Waals surface area contributed by atoms with Crippen LogP contribution in [-0.4, -0.2) is 25.2 Å². The van der Waals surface area contributed by atoms with Gasteiger partial charge in [0.25, 0.3) is 0 Å². The summed E-state index contributed by atoms with van der Waals surface area (Å²) < 4.78 is 16.6. The average molecular weight is 464 g/mol. The predicted octanol–water partition coefficient (Wildman–Crippen LogP) is 5.61. The predicted molar refractivity (Wildman–Crippen MR) is 119 cm³/mol. The third-order valence-corrected chi connectivity index (χ3v) is 5.41. The van der Waals surface area contributed by atoms with E-state index in [9.17, 15) is 9.59 Å². The molecule has 0 unspecified atom stereocenters. The molecule has 31 heavy (non-hydrogen) atoms. The number of halogens is 2. The molecule has 1 aliphatic heterocycles. The zero-order valence-electron chi connectivity index (χ0n) is 17.7. The van der Waals surface area contributed by atoms with Gasteiger partial charge in [0.05, 0.1) is 35.3 Å². The normalized spacial score (nSPS) is 14.5. The molecule has 0 spiro atoms. The van der Waals surface area contributed by atoms with E-state index < -0.39 is 17.9 Å². The summed E-state index contributed by atoms with van der Waals surface area (Å²) in [4.78, 5) is 25.6. The van der Waals surface area contributed by atoms with E-state index in [1.54, 1.807) is 58.0 Å². The van der Waals surface area contributed by atoms with Crippen molar-refractivity contribution in [1.82, 2.24) is 5.32 Å². The molecule has 8 heteroatoms. The van der Waals surface area contributed by atoms with Crippen molar-refractivity contribution < 1.29 is 23.5 Å². The maximum absolute atomic E-state index is 12.8. The van der Waals surface area contributed by atoms with Gasteiger partial charge in [0, 0.05) is 22.0 Å². The Labute approximate surface area is 190 Å². The Balaban J connectivity index is 2.14. The molecule has 1 aromatic heterocycles. The second-order valence-corrected chi connectivity index (χ2v) is 7.75. The first-order valence-electron chi connectivity index (χ1n) is 9.86. The number of dihydropyridines is 1. The van der Waals surface area contributed by atoms with E-state index in [0.29, 0.717) is 49.7 Å². The van der Waals surface area contributed by atoms with Gasteiger partial charge < -0.3 is 19.2 Å². The zero-order chi connectivity index (χ0) is 22.7. The first-order chi connectivity index (χ1) is 14.8. The minimum absolute atomic E-state index is 0.198. The summed E-state index contributed by atoms with van der Waals surface area (Å²) in [5, 5.41) is 4.02. The molecule has 0 saturated carbocycles. The number of hydrogen-bond donors (Lipinski definition) is 1. The third-order valence-electron chi connectivity index (χ3n) is 4.86. The monoisotopic (exact) mass is 463 g/mol. The number of hydrogen-bond acceptors (Lipinski definition) is 6. The van der Waals surface area contributed by atoms with Gasteiger partial charge >= 0.3 is 11.9 Å². The van der Waals surface area contributed by atoms with Crippen molar-refractivity contribution in [2.75, 3.05) is 13.2 Å². The fourth-order valence-corrected chi connectivity index (χ4v) is 4.08. The number of ether oxygens (including phenoxy) is 2. The van der Waals surface area contributed by atoms with Crippen molar-refractivity contribution in [2.24, 2.45) is 0 Å². The first kappa shape index (κ1) is 23.0. The van der Waals surface area contributed by atoms with Crippen LogP contribution in [0.1, 0.15) is 39.4 Å². The summed E-state index contributed by atoms with van der Waals surface area (Å²) in [6, 6.07) is 8.53. The molecule has 0 saturated heterocycles. The maximum atomic E-state index is 12.8. The Morgan fingerprint density at radius 3 is 2.06 bits per heavy atom. The molecule has 2 aromatic rings. The fraction of sp³-hybridized carbons (Fsp3) is 0.304. The lowest BCUT2D eigenvalue weighted by Gasteiger charge is -2.28. The molecular formula is C23H23Cl2NO5. The smallest absolute Gasteiger partial charge is 0.336 e. The van der Waals surface area contributed by atoms with E-state index in [4.69, 9.17) is 37.1 Å². The minimum Gasteiger partial charge on any atom is -0.463 e. The summed E-state index contributed by atoms with van der Waals surface area (Å²) in [5.41, 5.74) is 2.38. The Hall–Kier alpha value is -2.70. The van der Waals surface area contributed by atoms with E-state index in [0.717, 1.165) is 0 Å². The molecule has 3 rings (SSSR count). The molecule has 0 bridgehead atoms. The van der Waals surface area contributed by atoms with Crippen molar-refractivity contribution in [1.29, 1.82) is 0 Å². The van der Waals surface area contributed by atoms with Crippen molar-refractivity contribution in [2.45, 2.75) is 33.6 Å².